The Morgan fingerprint density at radius 3 is 1.93 bits per heavy atom. The van der Waals surface area contributed by atoms with Crippen molar-refractivity contribution in [2.24, 2.45) is 0 Å². The Kier molecular flexibility index (Phi) is 5.58. The third-order valence-electron chi connectivity index (χ3n) is 9.47. The molecule has 46 heavy (non-hydrogen) atoms. The molecule has 8 aromatic carbocycles. The van der Waals surface area contributed by atoms with Crippen molar-refractivity contribution in [3.05, 3.63) is 158 Å². The minimum atomic E-state index is 0.920. The lowest BCUT2D eigenvalue weighted by Gasteiger charge is -2.21. The minimum absolute atomic E-state index is 0.920. The second kappa shape index (κ2) is 9.97. The van der Waals surface area contributed by atoms with Crippen LogP contribution in [0.5, 0.6) is 0 Å². The summed E-state index contributed by atoms with van der Waals surface area (Å²) < 4.78 is 6.34. The number of hydrogen-bond donors (Lipinski definition) is 0. The first kappa shape index (κ1) is 25.7. The normalized spacial score (nSPS) is 12.3. The molecule has 1 nitrogen and oxygen atoms in total. The molecule has 0 saturated heterocycles. The highest BCUT2D eigenvalue weighted by Gasteiger charge is 2.20. The lowest BCUT2D eigenvalue weighted by atomic mass is 9.93. The van der Waals surface area contributed by atoms with Gasteiger partial charge in [-0.05, 0) is 97.1 Å². The number of hydrogen-bond acceptors (Lipinski definition) is 2. The van der Waals surface area contributed by atoms with Crippen molar-refractivity contribution >= 4 is 55.2 Å². The minimum Gasteiger partial charge on any atom is -0.456 e. The van der Waals surface area contributed by atoms with E-state index in [1.54, 1.807) is 0 Å². The van der Waals surface area contributed by atoms with Crippen molar-refractivity contribution < 1.29 is 4.42 Å². The molecule has 0 N–H and O–H groups in total. The molecule has 0 unspecified atom stereocenters. The predicted octanol–water partition coefficient (Wildman–Crippen LogP) is 13.0. The van der Waals surface area contributed by atoms with E-state index in [0.717, 1.165) is 11.2 Å². The summed E-state index contributed by atoms with van der Waals surface area (Å²) in [7, 11) is 0. The average Bonchev–Trinajstić information content (AvgIpc) is 3.52. The van der Waals surface area contributed by atoms with E-state index in [0.29, 0.717) is 0 Å². The summed E-state index contributed by atoms with van der Waals surface area (Å²) in [6, 6.07) is 57.3. The number of fused-ring (bicyclic) bond motifs is 7. The van der Waals surface area contributed by atoms with E-state index in [9.17, 15) is 0 Å². The molecule has 2 heterocycles. The molecule has 2 heteroatoms. The van der Waals surface area contributed by atoms with Gasteiger partial charge in [0.1, 0.15) is 11.2 Å². The highest BCUT2D eigenvalue weighted by Crippen LogP contribution is 2.49. The zero-order valence-corrected chi connectivity index (χ0v) is 25.6. The second-order valence-corrected chi connectivity index (χ2v) is 13.2. The fourth-order valence-corrected chi connectivity index (χ4v) is 8.42. The van der Waals surface area contributed by atoms with Gasteiger partial charge < -0.3 is 4.42 Å². The summed E-state index contributed by atoms with van der Waals surface area (Å²) in [5.41, 5.74) is 11.7. The molecule has 0 spiro atoms. The van der Waals surface area contributed by atoms with Crippen LogP contribution in [-0.4, -0.2) is 0 Å². The van der Waals surface area contributed by atoms with Gasteiger partial charge in [0.15, 0.2) is 0 Å². The Balaban J connectivity index is 1.04. The molecular formula is C44H26OS. The molecule has 9 aromatic rings. The summed E-state index contributed by atoms with van der Waals surface area (Å²) >= 11 is 1.87. The van der Waals surface area contributed by atoms with Crippen LogP contribution < -0.4 is 0 Å². The van der Waals surface area contributed by atoms with Crippen molar-refractivity contribution in [1.82, 2.24) is 0 Å². The summed E-state index contributed by atoms with van der Waals surface area (Å²) in [4.78, 5) is 2.65. The molecule has 1 aromatic heterocycles. The van der Waals surface area contributed by atoms with Gasteiger partial charge in [-0.1, -0.05) is 133 Å². The van der Waals surface area contributed by atoms with Gasteiger partial charge in [0.05, 0.1) is 0 Å². The van der Waals surface area contributed by atoms with Gasteiger partial charge in [0.2, 0.25) is 0 Å². The van der Waals surface area contributed by atoms with E-state index in [2.05, 4.69) is 158 Å². The zero-order valence-electron chi connectivity index (χ0n) is 24.8. The smallest absolute Gasteiger partial charge is 0.136 e. The molecule has 0 atom stereocenters. The fraction of sp³-hybridized carbons (Fsp3) is 0. The van der Waals surface area contributed by atoms with Crippen LogP contribution in [0.25, 0.3) is 88.0 Å². The highest BCUT2D eigenvalue weighted by molar-refractivity contribution is 7.99. The molecule has 0 saturated carbocycles. The van der Waals surface area contributed by atoms with Crippen LogP contribution in [0.15, 0.2) is 172 Å². The monoisotopic (exact) mass is 602 g/mol. The molecular weight excluding hydrogens is 577 g/mol. The summed E-state index contributed by atoms with van der Waals surface area (Å²) in [6.07, 6.45) is 0. The molecule has 0 fully saturated rings. The van der Waals surface area contributed by atoms with Crippen molar-refractivity contribution in [3.8, 4) is 44.5 Å². The molecule has 0 bridgehead atoms. The topological polar surface area (TPSA) is 13.1 Å². The lowest BCUT2D eigenvalue weighted by molar-refractivity contribution is 0.669. The Bertz CT molecular complexity index is 2660. The number of rotatable bonds is 3. The first-order valence-corrected chi connectivity index (χ1v) is 16.5. The summed E-state index contributed by atoms with van der Waals surface area (Å²) in [6.45, 7) is 0. The summed E-state index contributed by atoms with van der Waals surface area (Å²) in [5, 5.41) is 7.47. The Morgan fingerprint density at radius 1 is 0.348 bits per heavy atom. The van der Waals surface area contributed by atoms with Crippen molar-refractivity contribution in [3.63, 3.8) is 0 Å². The van der Waals surface area contributed by atoms with Gasteiger partial charge in [-0.2, -0.15) is 0 Å². The van der Waals surface area contributed by atoms with E-state index in [4.69, 9.17) is 4.42 Å². The molecule has 214 valence electrons. The molecule has 1 aliphatic heterocycles. The van der Waals surface area contributed by atoms with Gasteiger partial charge in [-0.3, -0.25) is 0 Å². The van der Waals surface area contributed by atoms with E-state index in [1.165, 1.54) is 86.6 Å². The highest BCUT2D eigenvalue weighted by atomic mass is 32.2. The van der Waals surface area contributed by atoms with Crippen molar-refractivity contribution in [1.29, 1.82) is 0 Å². The van der Waals surface area contributed by atoms with Crippen LogP contribution in [0.4, 0.5) is 0 Å². The van der Waals surface area contributed by atoms with Crippen molar-refractivity contribution in [2.45, 2.75) is 9.79 Å². The van der Waals surface area contributed by atoms with Gasteiger partial charge in [-0.25, -0.2) is 0 Å². The maximum atomic E-state index is 6.34. The molecule has 0 radical (unpaired) electrons. The SMILES string of the molecule is c1cc(-c2ccc(-c3cccc4oc5ccc6ccccc6c5c34)cc2)cc(-c2ccc3c(c2)-c2cccc4cccc(c24)S3)c1. The first-order chi connectivity index (χ1) is 22.8. The molecule has 1 aliphatic rings. The van der Waals surface area contributed by atoms with Crippen LogP contribution in [0.3, 0.4) is 0 Å². The van der Waals surface area contributed by atoms with E-state index < -0.39 is 0 Å². The number of furan rings is 1. The lowest BCUT2D eigenvalue weighted by Crippen LogP contribution is -1.93. The molecule has 10 rings (SSSR count). The largest absolute Gasteiger partial charge is 0.456 e. The first-order valence-electron chi connectivity index (χ1n) is 15.7. The summed E-state index contributed by atoms with van der Waals surface area (Å²) in [5.74, 6) is 0. The third-order valence-corrected chi connectivity index (χ3v) is 10.6. The Hall–Kier alpha value is -5.57. The predicted molar refractivity (Wildman–Crippen MR) is 195 cm³/mol. The molecule has 0 aliphatic carbocycles. The van der Waals surface area contributed by atoms with Crippen LogP contribution >= 0.6 is 11.8 Å². The standard InChI is InChI=1S/C44H26OS/c1-2-12-34-28(7-1)21-23-39-44(34)43-35(13-6-15-38(43)45-39)29-19-17-27(18-20-29)31-10-3-11-32(25-31)33-22-24-40-37(26-33)36-14-4-8-30-9-5-16-41(46-40)42(30)36/h1-26H. The van der Waals surface area contributed by atoms with Crippen molar-refractivity contribution in [2.75, 3.05) is 0 Å². The Labute approximate surface area is 270 Å². The average molecular weight is 603 g/mol. The molecule has 0 amide bonds. The van der Waals surface area contributed by atoms with Crippen LogP contribution in [-0.2, 0) is 0 Å². The Morgan fingerprint density at radius 2 is 1.02 bits per heavy atom. The third kappa shape index (κ3) is 3.90. The van der Waals surface area contributed by atoms with Crippen LogP contribution in [0.2, 0.25) is 0 Å². The maximum Gasteiger partial charge on any atom is 0.136 e. The van der Waals surface area contributed by atoms with Crippen LogP contribution in [0.1, 0.15) is 0 Å². The zero-order chi connectivity index (χ0) is 30.2. The maximum absolute atomic E-state index is 6.34. The number of benzene rings is 8. The van der Waals surface area contributed by atoms with Crippen LogP contribution in [0, 0.1) is 0 Å². The van der Waals surface area contributed by atoms with E-state index in [-0.39, 0.29) is 0 Å². The van der Waals surface area contributed by atoms with Gasteiger partial charge in [-0.15, -0.1) is 0 Å². The quantitative estimate of drug-likeness (QED) is 0.200. The van der Waals surface area contributed by atoms with Gasteiger partial charge >= 0.3 is 0 Å². The van der Waals surface area contributed by atoms with Gasteiger partial charge in [0.25, 0.3) is 0 Å². The van der Waals surface area contributed by atoms with E-state index in [1.807, 2.05) is 11.8 Å². The second-order valence-electron chi connectivity index (χ2n) is 12.1. The van der Waals surface area contributed by atoms with Gasteiger partial charge in [0, 0.05) is 25.9 Å². The fourth-order valence-electron chi connectivity index (χ4n) is 7.29. The van der Waals surface area contributed by atoms with E-state index >= 15 is 0 Å².